The van der Waals surface area contributed by atoms with Crippen LogP contribution < -0.4 is 5.32 Å². The summed E-state index contributed by atoms with van der Waals surface area (Å²) < 4.78 is 0. The largest absolute Gasteiger partial charge is 0.307 e. The number of benzene rings is 2. The Morgan fingerprint density at radius 2 is 1.81 bits per heavy atom. The topological polar surface area (TPSA) is 42.0 Å². The second-order valence-electron chi connectivity index (χ2n) is 4.74. The first-order valence-corrected chi connectivity index (χ1v) is 6.95. The van der Waals surface area contributed by atoms with Crippen molar-refractivity contribution >= 4 is 34.1 Å². The van der Waals surface area contributed by atoms with Crippen LogP contribution in [-0.2, 0) is 0 Å². The summed E-state index contributed by atoms with van der Waals surface area (Å²) in [5.41, 5.74) is 1.31. The third-order valence-corrected chi connectivity index (χ3v) is 3.70. The minimum absolute atomic E-state index is 0.180. The molecule has 0 radical (unpaired) electrons. The fourth-order valence-corrected chi connectivity index (χ4v) is 2.33. The standard InChI is InChI=1S/C17H13ClN2O/c1-11-15(18)9-10-16(19-11)20-17(21)14-8-4-6-12-5-2-3-7-13(12)14/h2-10H,1H3,(H,19,20,21). The molecule has 0 saturated heterocycles. The molecule has 1 N–H and O–H groups in total. The maximum Gasteiger partial charge on any atom is 0.257 e. The van der Waals surface area contributed by atoms with E-state index in [0.29, 0.717) is 22.1 Å². The molecule has 0 bridgehead atoms. The lowest BCUT2D eigenvalue weighted by Gasteiger charge is -2.08. The first kappa shape index (κ1) is 13.6. The molecular weight excluding hydrogens is 284 g/mol. The highest BCUT2D eigenvalue weighted by Crippen LogP contribution is 2.20. The molecule has 3 aromatic rings. The van der Waals surface area contributed by atoms with E-state index in [0.717, 1.165) is 10.8 Å². The molecule has 3 rings (SSSR count). The summed E-state index contributed by atoms with van der Waals surface area (Å²) in [5, 5.41) is 5.34. The molecule has 0 fully saturated rings. The molecule has 1 aromatic heterocycles. The zero-order chi connectivity index (χ0) is 14.8. The van der Waals surface area contributed by atoms with Gasteiger partial charge < -0.3 is 5.32 Å². The summed E-state index contributed by atoms with van der Waals surface area (Å²) in [5.74, 6) is 0.316. The van der Waals surface area contributed by atoms with Crippen molar-refractivity contribution in [1.29, 1.82) is 0 Å². The highest BCUT2D eigenvalue weighted by molar-refractivity contribution is 6.31. The van der Waals surface area contributed by atoms with Crippen molar-refractivity contribution in [2.75, 3.05) is 5.32 Å². The maximum atomic E-state index is 12.4. The number of amides is 1. The van der Waals surface area contributed by atoms with Crippen LogP contribution in [0.3, 0.4) is 0 Å². The average Bonchev–Trinajstić information content (AvgIpc) is 2.50. The third-order valence-electron chi connectivity index (χ3n) is 3.30. The zero-order valence-electron chi connectivity index (χ0n) is 11.4. The first-order valence-electron chi connectivity index (χ1n) is 6.57. The van der Waals surface area contributed by atoms with Crippen LogP contribution in [-0.4, -0.2) is 10.9 Å². The van der Waals surface area contributed by atoms with Gasteiger partial charge in [-0.05, 0) is 35.9 Å². The van der Waals surface area contributed by atoms with Gasteiger partial charge >= 0.3 is 0 Å². The summed E-state index contributed by atoms with van der Waals surface area (Å²) in [6.07, 6.45) is 0. The van der Waals surface area contributed by atoms with Gasteiger partial charge in [0.2, 0.25) is 0 Å². The van der Waals surface area contributed by atoms with E-state index in [1.54, 1.807) is 25.1 Å². The summed E-state index contributed by atoms with van der Waals surface area (Å²) in [7, 11) is 0. The van der Waals surface area contributed by atoms with Crippen LogP contribution >= 0.6 is 11.6 Å². The Balaban J connectivity index is 1.95. The number of carbonyl (C=O) groups is 1. The van der Waals surface area contributed by atoms with Gasteiger partial charge in [-0.25, -0.2) is 4.98 Å². The predicted octanol–water partition coefficient (Wildman–Crippen LogP) is 4.45. The molecule has 1 amide bonds. The Hall–Kier alpha value is -2.39. The normalized spacial score (nSPS) is 10.6. The SMILES string of the molecule is Cc1nc(NC(=O)c2cccc3ccccc23)ccc1Cl. The molecule has 0 aliphatic rings. The van der Waals surface area contributed by atoms with Crippen LogP contribution in [0.5, 0.6) is 0 Å². The molecule has 1 heterocycles. The molecule has 21 heavy (non-hydrogen) atoms. The van der Waals surface area contributed by atoms with Gasteiger partial charge in [-0.15, -0.1) is 0 Å². The van der Waals surface area contributed by atoms with E-state index in [1.807, 2.05) is 36.4 Å². The van der Waals surface area contributed by atoms with Gasteiger partial charge in [0.25, 0.3) is 5.91 Å². The van der Waals surface area contributed by atoms with Gasteiger partial charge in [-0.1, -0.05) is 48.0 Å². The minimum Gasteiger partial charge on any atom is -0.307 e. The number of nitrogens with zero attached hydrogens (tertiary/aromatic N) is 1. The van der Waals surface area contributed by atoms with Crippen molar-refractivity contribution < 1.29 is 4.79 Å². The first-order chi connectivity index (χ1) is 10.1. The lowest BCUT2D eigenvalue weighted by Crippen LogP contribution is -2.13. The van der Waals surface area contributed by atoms with Crippen molar-refractivity contribution in [3.05, 3.63) is 70.9 Å². The number of hydrogen-bond donors (Lipinski definition) is 1. The van der Waals surface area contributed by atoms with Crippen LogP contribution in [0.25, 0.3) is 10.8 Å². The Kier molecular flexibility index (Phi) is 3.59. The molecule has 0 saturated carbocycles. The number of hydrogen-bond acceptors (Lipinski definition) is 2. The van der Waals surface area contributed by atoms with Crippen molar-refractivity contribution in [2.45, 2.75) is 6.92 Å². The van der Waals surface area contributed by atoms with Crippen LogP contribution in [0.15, 0.2) is 54.6 Å². The van der Waals surface area contributed by atoms with Gasteiger partial charge in [-0.3, -0.25) is 4.79 Å². The van der Waals surface area contributed by atoms with Crippen LogP contribution in [0.2, 0.25) is 5.02 Å². The Bertz CT molecular complexity index is 825. The second-order valence-corrected chi connectivity index (χ2v) is 5.15. The smallest absolute Gasteiger partial charge is 0.257 e. The molecule has 0 spiro atoms. The molecule has 3 nitrogen and oxygen atoms in total. The monoisotopic (exact) mass is 296 g/mol. The summed E-state index contributed by atoms with van der Waals surface area (Å²) >= 11 is 5.94. The molecule has 0 atom stereocenters. The highest BCUT2D eigenvalue weighted by atomic mass is 35.5. The lowest BCUT2D eigenvalue weighted by molar-refractivity contribution is 0.102. The van der Waals surface area contributed by atoms with Crippen LogP contribution in [0, 0.1) is 6.92 Å². The van der Waals surface area contributed by atoms with E-state index in [4.69, 9.17) is 11.6 Å². The number of halogens is 1. The van der Waals surface area contributed by atoms with Gasteiger partial charge in [0, 0.05) is 5.56 Å². The van der Waals surface area contributed by atoms with E-state index in [-0.39, 0.29) is 5.91 Å². The molecule has 0 unspecified atom stereocenters. The van der Waals surface area contributed by atoms with Gasteiger partial charge in [0.1, 0.15) is 5.82 Å². The van der Waals surface area contributed by atoms with Crippen molar-refractivity contribution in [3.63, 3.8) is 0 Å². The van der Waals surface area contributed by atoms with E-state index in [9.17, 15) is 4.79 Å². The zero-order valence-corrected chi connectivity index (χ0v) is 12.2. The van der Waals surface area contributed by atoms with Gasteiger partial charge in [0.15, 0.2) is 0 Å². The number of pyridine rings is 1. The van der Waals surface area contributed by atoms with Crippen molar-refractivity contribution in [2.24, 2.45) is 0 Å². The molecule has 2 aromatic carbocycles. The van der Waals surface area contributed by atoms with Crippen molar-refractivity contribution in [1.82, 2.24) is 4.98 Å². The average molecular weight is 297 g/mol. The van der Waals surface area contributed by atoms with E-state index in [2.05, 4.69) is 10.3 Å². The number of nitrogens with one attached hydrogen (secondary N) is 1. The lowest BCUT2D eigenvalue weighted by atomic mass is 10.0. The summed E-state index contributed by atoms with van der Waals surface area (Å²) in [6.45, 7) is 1.80. The molecular formula is C17H13ClN2O. The Morgan fingerprint density at radius 3 is 2.62 bits per heavy atom. The predicted molar refractivity (Wildman–Crippen MR) is 85.9 cm³/mol. The number of aromatic nitrogens is 1. The fraction of sp³-hybridized carbons (Fsp3) is 0.0588. The van der Waals surface area contributed by atoms with Gasteiger partial charge in [0.05, 0.1) is 10.7 Å². The summed E-state index contributed by atoms with van der Waals surface area (Å²) in [4.78, 5) is 16.7. The molecule has 4 heteroatoms. The molecule has 0 aliphatic carbocycles. The van der Waals surface area contributed by atoms with E-state index >= 15 is 0 Å². The number of anilines is 1. The van der Waals surface area contributed by atoms with Crippen LogP contribution in [0.1, 0.15) is 16.1 Å². The van der Waals surface area contributed by atoms with E-state index < -0.39 is 0 Å². The number of carbonyl (C=O) groups excluding carboxylic acids is 1. The second kappa shape index (κ2) is 5.54. The number of aryl methyl sites for hydroxylation is 1. The van der Waals surface area contributed by atoms with E-state index in [1.165, 1.54) is 0 Å². The number of fused-ring (bicyclic) bond motifs is 1. The fourth-order valence-electron chi connectivity index (χ4n) is 2.22. The quantitative estimate of drug-likeness (QED) is 0.759. The molecule has 0 aliphatic heterocycles. The Morgan fingerprint density at radius 1 is 1.05 bits per heavy atom. The van der Waals surface area contributed by atoms with Crippen LogP contribution in [0.4, 0.5) is 5.82 Å². The third kappa shape index (κ3) is 2.73. The van der Waals surface area contributed by atoms with Crippen molar-refractivity contribution in [3.8, 4) is 0 Å². The maximum absolute atomic E-state index is 12.4. The highest BCUT2D eigenvalue weighted by Gasteiger charge is 2.11. The number of rotatable bonds is 2. The Labute approximate surface area is 127 Å². The minimum atomic E-state index is -0.180. The summed E-state index contributed by atoms with van der Waals surface area (Å²) in [6, 6.07) is 16.9. The van der Waals surface area contributed by atoms with Gasteiger partial charge in [-0.2, -0.15) is 0 Å². The molecule has 104 valence electrons.